The lowest BCUT2D eigenvalue weighted by atomic mass is 9.80. The Kier molecular flexibility index (Phi) is 6.04. The predicted octanol–water partition coefficient (Wildman–Crippen LogP) is 4.10. The van der Waals surface area contributed by atoms with Gasteiger partial charge in [-0.15, -0.1) is 0 Å². The zero-order valence-electron chi connectivity index (χ0n) is 13.2. The third-order valence-corrected chi connectivity index (χ3v) is 4.28. The minimum Gasteiger partial charge on any atom is -0.326 e. The highest BCUT2D eigenvalue weighted by Crippen LogP contribution is 2.40. The van der Waals surface area contributed by atoms with Gasteiger partial charge < -0.3 is 10.6 Å². The van der Waals surface area contributed by atoms with Crippen molar-refractivity contribution in [2.24, 2.45) is 11.8 Å². The van der Waals surface area contributed by atoms with Crippen molar-refractivity contribution in [1.82, 2.24) is 5.32 Å². The van der Waals surface area contributed by atoms with Gasteiger partial charge in [-0.05, 0) is 43.5 Å². The maximum Gasteiger partial charge on any atom is 0.391 e. The number of hydrogen-bond donors (Lipinski definition) is 2. The summed E-state index contributed by atoms with van der Waals surface area (Å²) in [4.78, 5) is 12.3. The summed E-state index contributed by atoms with van der Waals surface area (Å²) in [5.74, 6) is -2.22. The molecule has 1 aliphatic rings. The van der Waals surface area contributed by atoms with Gasteiger partial charge in [-0.2, -0.15) is 13.2 Å². The van der Waals surface area contributed by atoms with E-state index in [2.05, 4.69) is 10.6 Å². The van der Waals surface area contributed by atoms with Crippen molar-refractivity contribution in [2.75, 3.05) is 11.9 Å². The SMILES string of the molecule is CCNCc1cccc(NC(=O)C2CCCC(C(F)(F)F)C2)c1. The molecule has 1 aliphatic carbocycles. The molecule has 0 aliphatic heterocycles. The molecule has 0 heterocycles. The second kappa shape index (κ2) is 7.81. The van der Waals surface area contributed by atoms with Crippen molar-refractivity contribution in [2.45, 2.75) is 45.3 Å². The van der Waals surface area contributed by atoms with Crippen LogP contribution in [0.5, 0.6) is 0 Å². The summed E-state index contributed by atoms with van der Waals surface area (Å²) in [6, 6.07) is 7.39. The molecule has 0 aromatic heterocycles. The molecule has 0 spiro atoms. The summed E-state index contributed by atoms with van der Waals surface area (Å²) in [6.45, 7) is 3.54. The third-order valence-electron chi connectivity index (χ3n) is 4.28. The van der Waals surface area contributed by atoms with Crippen molar-refractivity contribution in [1.29, 1.82) is 0 Å². The number of alkyl halides is 3. The van der Waals surface area contributed by atoms with E-state index in [-0.39, 0.29) is 18.7 Å². The van der Waals surface area contributed by atoms with Crippen LogP contribution in [0.15, 0.2) is 24.3 Å². The number of anilines is 1. The highest BCUT2D eigenvalue weighted by Gasteiger charge is 2.43. The number of carbonyl (C=O) groups is 1. The number of hydrogen-bond acceptors (Lipinski definition) is 2. The Morgan fingerprint density at radius 2 is 2.09 bits per heavy atom. The van der Waals surface area contributed by atoms with Crippen LogP contribution in [0.4, 0.5) is 18.9 Å². The first-order chi connectivity index (χ1) is 10.9. The molecule has 128 valence electrons. The largest absolute Gasteiger partial charge is 0.391 e. The molecular weight excluding hydrogens is 305 g/mol. The van der Waals surface area contributed by atoms with E-state index in [1.165, 1.54) is 0 Å². The Balaban J connectivity index is 1.96. The van der Waals surface area contributed by atoms with E-state index < -0.39 is 18.0 Å². The summed E-state index contributed by atoms with van der Waals surface area (Å²) in [7, 11) is 0. The fraction of sp³-hybridized carbons (Fsp3) is 0.588. The van der Waals surface area contributed by atoms with Gasteiger partial charge in [-0.1, -0.05) is 25.5 Å². The molecule has 0 radical (unpaired) electrons. The first-order valence-electron chi connectivity index (χ1n) is 8.07. The van der Waals surface area contributed by atoms with Crippen LogP contribution < -0.4 is 10.6 Å². The smallest absolute Gasteiger partial charge is 0.326 e. The maximum absolute atomic E-state index is 12.8. The minimum atomic E-state index is -4.20. The Bertz CT molecular complexity index is 531. The van der Waals surface area contributed by atoms with E-state index in [0.717, 1.165) is 12.1 Å². The minimum absolute atomic E-state index is 0.105. The monoisotopic (exact) mass is 328 g/mol. The van der Waals surface area contributed by atoms with Gasteiger partial charge in [-0.3, -0.25) is 4.79 Å². The van der Waals surface area contributed by atoms with E-state index in [1.54, 1.807) is 6.07 Å². The highest BCUT2D eigenvalue weighted by molar-refractivity contribution is 5.92. The molecule has 1 fully saturated rings. The van der Waals surface area contributed by atoms with Gasteiger partial charge in [0.25, 0.3) is 0 Å². The normalized spacial score (nSPS) is 21.9. The number of benzene rings is 1. The molecule has 0 bridgehead atoms. The van der Waals surface area contributed by atoms with Crippen LogP contribution in [0.3, 0.4) is 0 Å². The summed E-state index contributed by atoms with van der Waals surface area (Å²) in [5.41, 5.74) is 1.67. The standard InChI is InChI=1S/C17H23F3N2O/c1-2-21-11-12-5-3-8-15(9-12)22-16(23)13-6-4-7-14(10-13)17(18,19)20/h3,5,8-9,13-14,21H,2,4,6-7,10-11H2,1H3,(H,22,23). The van der Waals surface area contributed by atoms with Gasteiger partial charge >= 0.3 is 6.18 Å². The first-order valence-corrected chi connectivity index (χ1v) is 8.07. The van der Waals surface area contributed by atoms with Crippen molar-refractivity contribution >= 4 is 11.6 Å². The number of nitrogens with one attached hydrogen (secondary N) is 2. The number of rotatable bonds is 5. The Morgan fingerprint density at radius 1 is 1.30 bits per heavy atom. The lowest BCUT2D eigenvalue weighted by molar-refractivity contribution is -0.185. The Morgan fingerprint density at radius 3 is 2.78 bits per heavy atom. The van der Waals surface area contributed by atoms with Gasteiger partial charge in [0.2, 0.25) is 5.91 Å². The van der Waals surface area contributed by atoms with Gasteiger partial charge in [0.1, 0.15) is 0 Å². The van der Waals surface area contributed by atoms with Crippen LogP contribution in [0.2, 0.25) is 0 Å². The van der Waals surface area contributed by atoms with E-state index in [1.807, 2.05) is 25.1 Å². The van der Waals surface area contributed by atoms with Gasteiger partial charge in [0.15, 0.2) is 0 Å². The average molecular weight is 328 g/mol. The average Bonchev–Trinajstić information content (AvgIpc) is 2.52. The van der Waals surface area contributed by atoms with Crippen LogP contribution in [0.25, 0.3) is 0 Å². The number of amides is 1. The first kappa shape index (κ1) is 17.8. The molecule has 2 atom stereocenters. The Labute approximate surface area is 134 Å². The molecule has 6 heteroatoms. The molecule has 0 saturated heterocycles. The summed E-state index contributed by atoms with van der Waals surface area (Å²) < 4.78 is 38.5. The molecule has 1 saturated carbocycles. The van der Waals surface area contributed by atoms with Gasteiger partial charge in [-0.25, -0.2) is 0 Å². The number of halogens is 3. The lowest BCUT2D eigenvalue weighted by Crippen LogP contribution is -2.34. The van der Waals surface area contributed by atoms with Gasteiger partial charge in [0.05, 0.1) is 5.92 Å². The molecule has 2 N–H and O–H groups in total. The predicted molar refractivity (Wildman–Crippen MR) is 84.0 cm³/mol. The number of carbonyl (C=O) groups excluding carboxylic acids is 1. The lowest BCUT2D eigenvalue weighted by Gasteiger charge is -2.29. The van der Waals surface area contributed by atoms with Crippen LogP contribution in [-0.4, -0.2) is 18.6 Å². The van der Waals surface area contributed by atoms with E-state index in [0.29, 0.717) is 25.1 Å². The van der Waals surface area contributed by atoms with E-state index in [9.17, 15) is 18.0 Å². The van der Waals surface area contributed by atoms with E-state index in [4.69, 9.17) is 0 Å². The van der Waals surface area contributed by atoms with Crippen LogP contribution in [0, 0.1) is 11.8 Å². The Hall–Kier alpha value is -1.56. The van der Waals surface area contributed by atoms with Crippen molar-refractivity contribution in [3.05, 3.63) is 29.8 Å². The molecule has 1 amide bonds. The summed E-state index contributed by atoms with van der Waals surface area (Å²) in [6.07, 6.45) is -3.21. The summed E-state index contributed by atoms with van der Waals surface area (Å²) in [5, 5.41) is 5.96. The van der Waals surface area contributed by atoms with Crippen LogP contribution in [0.1, 0.15) is 38.2 Å². The van der Waals surface area contributed by atoms with Crippen molar-refractivity contribution in [3.8, 4) is 0 Å². The molecule has 2 unspecified atom stereocenters. The zero-order chi connectivity index (χ0) is 16.9. The molecule has 1 aromatic carbocycles. The zero-order valence-corrected chi connectivity index (χ0v) is 13.2. The van der Waals surface area contributed by atoms with Crippen molar-refractivity contribution in [3.63, 3.8) is 0 Å². The van der Waals surface area contributed by atoms with Gasteiger partial charge in [0, 0.05) is 18.2 Å². The molecular formula is C17H23F3N2O. The molecule has 23 heavy (non-hydrogen) atoms. The van der Waals surface area contributed by atoms with E-state index >= 15 is 0 Å². The molecule has 2 rings (SSSR count). The maximum atomic E-state index is 12.8. The van der Waals surface area contributed by atoms with Crippen LogP contribution >= 0.6 is 0 Å². The quantitative estimate of drug-likeness (QED) is 0.854. The van der Waals surface area contributed by atoms with Crippen LogP contribution in [-0.2, 0) is 11.3 Å². The summed E-state index contributed by atoms with van der Waals surface area (Å²) >= 11 is 0. The highest BCUT2D eigenvalue weighted by atomic mass is 19.4. The topological polar surface area (TPSA) is 41.1 Å². The fourth-order valence-corrected chi connectivity index (χ4v) is 3.00. The molecule has 1 aromatic rings. The second-order valence-electron chi connectivity index (χ2n) is 6.07. The molecule has 3 nitrogen and oxygen atoms in total. The van der Waals surface area contributed by atoms with Crippen molar-refractivity contribution < 1.29 is 18.0 Å². The fourth-order valence-electron chi connectivity index (χ4n) is 3.00. The second-order valence-corrected chi connectivity index (χ2v) is 6.07. The third kappa shape index (κ3) is 5.23.